The Kier molecular flexibility index (Phi) is 5.64. The largest absolute Gasteiger partial charge is 0.379 e. The summed E-state index contributed by atoms with van der Waals surface area (Å²) in [6.07, 6.45) is 2.65. The minimum atomic E-state index is -0.315. The Bertz CT molecular complexity index is 71.7. The molecule has 0 spiro atoms. The molecule has 0 aliphatic heterocycles. The van der Waals surface area contributed by atoms with Crippen LogP contribution in [0.4, 0.5) is 0 Å². The van der Waals surface area contributed by atoms with Crippen molar-refractivity contribution in [2.24, 2.45) is 0 Å². The number of hydrogen-bond acceptors (Lipinski definition) is 2. The van der Waals surface area contributed by atoms with Gasteiger partial charge in [0.25, 0.3) is 0 Å². The molecule has 0 bridgehead atoms. The minimum absolute atomic E-state index is 0.315. The van der Waals surface area contributed by atoms with Crippen molar-refractivity contribution in [3.63, 3.8) is 0 Å². The number of hydrogen-bond donors (Lipinski definition) is 2. The average molecular weight is 145 g/mol. The van der Waals surface area contributed by atoms with Gasteiger partial charge < -0.3 is 5.11 Å². The predicted octanol–water partition coefficient (Wildman–Crippen LogP) is 1.49. The number of nitrogens with one attached hydrogen (secondary N) is 1. The first kappa shape index (κ1) is 9.92. The Labute approximate surface area is 63.6 Å². The van der Waals surface area contributed by atoms with Crippen molar-refractivity contribution < 1.29 is 5.11 Å². The van der Waals surface area contributed by atoms with Gasteiger partial charge >= 0.3 is 0 Å². The highest BCUT2D eigenvalue weighted by Gasteiger charge is 2.06. The highest BCUT2D eigenvalue weighted by atomic mass is 16.3. The Balaban J connectivity index is 3.41. The Morgan fingerprint density at radius 3 is 1.90 bits per heavy atom. The zero-order valence-electron chi connectivity index (χ0n) is 7.22. The fourth-order valence-electron chi connectivity index (χ4n) is 0.914. The number of aliphatic hydroxyl groups is 1. The van der Waals surface area contributed by atoms with Gasteiger partial charge in [-0.05, 0) is 19.3 Å². The Hall–Kier alpha value is -0.0800. The molecule has 0 aromatic rings. The first-order chi connectivity index (χ1) is 4.74. The third kappa shape index (κ3) is 3.85. The number of rotatable bonds is 5. The normalized spacial score (nSPS) is 14.1. The van der Waals surface area contributed by atoms with Crippen LogP contribution in [-0.4, -0.2) is 17.4 Å². The van der Waals surface area contributed by atoms with E-state index < -0.39 is 0 Å². The first-order valence-electron chi connectivity index (χ1n) is 4.18. The van der Waals surface area contributed by atoms with Crippen LogP contribution in [0, 0.1) is 0 Å². The molecule has 10 heavy (non-hydrogen) atoms. The van der Waals surface area contributed by atoms with Crippen LogP contribution in [0.15, 0.2) is 0 Å². The molecule has 0 aromatic heterocycles. The van der Waals surface area contributed by atoms with E-state index >= 15 is 0 Å². The maximum Gasteiger partial charge on any atom is 0.104 e. The smallest absolute Gasteiger partial charge is 0.104 e. The maximum absolute atomic E-state index is 9.18. The average Bonchev–Trinajstić information content (AvgIpc) is 1.99. The van der Waals surface area contributed by atoms with Crippen LogP contribution in [0.25, 0.3) is 0 Å². The van der Waals surface area contributed by atoms with Gasteiger partial charge in [0.05, 0.1) is 0 Å². The highest BCUT2D eigenvalue weighted by Crippen LogP contribution is 1.98. The first-order valence-corrected chi connectivity index (χ1v) is 4.18. The van der Waals surface area contributed by atoms with Crippen molar-refractivity contribution in [3.8, 4) is 0 Å². The van der Waals surface area contributed by atoms with Gasteiger partial charge in [0.1, 0.15) is 6.23 Å². The fourth-order valence-corrected chi connectivity index (χ4v) is 0.914. The van der Waals surface area contributed by atoms with Gasteiger partial charge in [-0.15, -0.1) is 0 Å². The summed E-state index contributed by atoms with van der Waals surface area (Å²) >= 11 is 0. The van der Waals surface area contributed by atoms with E-state index in [2.05, 4.69) is 19.2 Å². The van der Waals surface area contributed by atoms with Gasteiger partial charge in [-0.3, -0.25) is 5.32 Å². The van der Waals surface area contributed by atoms with E-state index in [0.29, 0.717) is 6.04 Å². The lowest BCUT2D eigenvalue weighted by Crippen LogP contribution is -2.36. The van der Waals surface area contributed by atoms with Crippen molar-refractivity contribution in [1.82, 2.24) is 5.32 Å². The summed E-state index contributed by atoms with van der Waals surface area (Å²) in [5.41, 5.74) is 0. The second-order valence-electron chi connectivity index (χ2n) is 2.60. The molecule has 0 amide bonds. The summed E-state index contributed by atoms with van der Waals surface area (Å²) in [5.74, 6) is 0. The molecule has 0 fully saturated rings. The molecule has 0 aliphatic carbocycles. The predicted molar refractivity (Wildman–Crippen MR) is 43.8 cm³/mol. The van der Waals surface area contributed by atoms with E-state index in [4.69, 9.17) is 0 Å². The molecular formula is C8H19NO. The van der Waals surface area contributed by atoms with E-state index in [1.54, 1.807) is 0 Å². The van der Waals surface area contributed by atoms with Gasteiger partial charge in [0.2, 0.25) is 0 Å². The molecule has 2 nitrogen and oxygen atoms in total. The minimum Gasteiger partial charge on any atom is -0.379 e. The summed E-state index contributed by atoms with van der Waals surface area (Å²) in [6.45, 7) is 6.23. The van der Waals surface area contributed by atoms with Crippen LogP contribution in [0.5, 0.6) is 0 Å². The van der Waals surface area contributed by atoms with Crippen LogP contribution in [0.2, 0.25) is 0 Å². The zero-order chi connectivity index (χ0) is 7.98. The van der Waals surface area contributed by atoms with Crippen LogP contribution in [-0.2, 0) is 0 Å². The molecule has 1 unspecified atom stereocenters. The summed E-state index contributed by atoms with van der Waals surface area (Å²) < 4.78 is 0. The third-order valence-corrected chi connectivity index (χ3v) is 1.80. The lowest BCUT2D eigenvalue weighted by Gasteiger charge is -2.18. The highest BCUT2D eigenvalue weighted by molar-refractivity contribution is 4.63. The topological polar surface area (TPSA) is 32.3 Å². The molecule has 0 saturated carbocycles. The molecule has 0 saturated heterocycles. The molecule has 62 valence electrons. The molecule has 2 heteroatoms. The SMILES string of the molecule is CCC(O)NC(CC)CC. The molecule has 1 atom stereocenters. The summed E-state index contributed by atoms with van der Waals surface area (Å²) in [6, 6.07) is 0.481. The summed E-state index contributed by atoms with van der Waals surface area (Å²) in [5, 5.41) is 12.3. The van der Waals surface area contributed by atoms with Crippen LogP contribution in [0.1, 0.15) is 40.0 Å². The van der Waals surface area contributed by atoms with Gasteiger partial charge in [-0.1, -0.05) is 20.8 Å². The molecule has 0 aliphatic rings. The second-order valence-corrected chi connectivity index (χ2v) is 2.60. The Morgan fingerprint density at radius 1 is 1.10 bits per heavy atom. The zero-order valence-corrected chi connectivity index (χ0v) is 7.22. The van der Waals surface area contributed by atoms with Crippen molar-refractivity contribution in [3.05, 3.63) is 0 Å². The van der Waals surface area contributed by atoms with E-state index in [-0.39, 0.29) is 6.23 Å². The fraction of sp³-hybridized carbons (Fsp3) is 1.00. The van der Waals surface area contributed by atoms with Crippen LogP contribution in [0.3, 0.4) is 0 Å². The van der Waals surface area contributed by atoms with Crippen molar-refractivity contribution in [2.45, 2.75) is 52.3 Å². The van der Waals surface area contributed by atoms with Gasteiger partial charge in [0, 0.05) is 6.04 Å². The molecule has 2 N–H and O–H groups in total. The lowest BCUT2D eigenvalue weighted by molar-refractivity contribution is 0.116. The van der Waals surface area contributed by atoms with Crippen molar-refractivity contribution >= 4 is 0 Å². The molecular weight excluding hydrogens is 126 g/mol. The molecule has 0 aromatic carbocycles. The standard InChI is InChI=1S/C8H19NO/c1-4-7(5-2)9-8(10)6-3/h7-10H,4-6H2,1-3H3. The molecule has 0 rings (SSSR count). The van der Waals surface area contributed by atoms with Gasteiger partial charge in [0.15, 0.2) is 0 Å². The van der Waals surface area contributed by atoms with Crippen molar-refractivity contribution in [1.29, 1.82) is 0 Å². The lowest BCUT2D eigenvalue weighted by atomic mass is 10.1. The molecule has 0 radical (unpaired) electrons. The van der Waals surface area contributed by atoms with E-state index in [9.17, 15) is 5.11 Å². The molecule has 0 heterocycles. The number of aliphatic hydroxyl groups excluding tert-OH is 1. The second kappa shape index (κ2) is 5.69. The quantitative estimate of drug-likeness (QED) is 0.574. The van der Waals surface area contributed by atoms with E-state index in [0.717, 1.165) is 19.3 Å². The summed E-state index contributed by atoms with van der Waals surface area (Å²) in [4.78, 5) is 0. The van der Waals surface area contributed by atoms with E-state index in [1.807, 2.05) is 6.92 Å². The maximum atomic E-state index is 9.18. The van der Waals surface area contributed by atoms with Crippen LogP contribution < -0.4 is 5.32 Å². The van der Waals surface area contributed by atoms with Crippen molar-refractivity contribution in [2.75, 3.05) is 0 Å². The van der Waals surface area contributed by atoms with E-state index in [1.165, 1.54) is 0 Å². The third-order valence-electron chi connectivity index (χ3n) is 1.80. The monoisotopic (exact) mass is 145 g/mol. The van der Waals surface area contributed by atoms with Gasteiger partial charge in [-0.25, -0.2) is 0 Å². The summed E-state index contributed by atoms with van der Waals surface area (Å²) in [7, 11) is 0. The van der Waals surface area contributed by atoms with Gasteiger partial charge in [-0.2, -0.15) is 0 Å². The van der Waals surface area contributed by atoms with Crippen LogP contribution >= 0.6 is 0 Å². The Morgan fingerprint density at radius 2 is 1.60 bits per heavy atom.